The van der Waals surface area contributed by atoms with Crippen LogP contribution in [0.1, 0.15) is 50.4 Å². The van der Waals surface area contributed by atoms with Gasteiger partial charge in [0.25, 0.3) is 5.91 Å². The van der Waals surface area contributed by atoms with E-state index in [2.05, 4.69) is 41.7 Å². The van der Waals surface area contributed by atoms with Gasteiger partial charge in [-0.1, -0.05) is 36.4 Å². The van der Waals surface area contributed by atoms with E-state index in [1.165, 1.54) is 41.0 Å². The summed E-state index contributed by atoms with van der Waals surface area (Å²) in [5.41, 5.74) is 4.95. The number of rotatable bonds is 4. The standard InChI is InChI=1S/C21H23NOS2/c23-20(16-8-10-17(11-9-16)21-24-12-13-25-21)22-14-18-6-3-5-15-4-1-2-7-19(15)18/h1-2,4,7-11,18,21H,3,5-6,12-14H2,(H,22,23). The van der Waals surface area contributed by atoms with E-state index in [9.17, 15) is 4.79 Å². The first kappa shape index (κ1) is 17.0. The Bertz CT molecular complexity index is 738. The molecular formula is C21H23NOS2. The zero-order chi connectivity index (χ0) is 17.1. The van der Waals surface area contributed by atoms with Crippen LogP contribution in [0.2, 0.25) is 0 Å². The molecule has 1 unspecified atom stereocenters. The highest BCUT2D eigenvalue weighted by Gasteiger charge is 2.21. The Morgan fingerprint density at radius 3 is 2.60 bits per heavy atom. The molecule has 0 saturated carbocycles. The summed E-state index contributed by atoms with van der Waals surface area (Å²) < 4.78 is 0.538. The van der Waals surface area contributed by atoms with Gasteiger partial charge in [-0.3, -0.25) is 4.79 Å². The number of amides is 1. The molecule has 1 atom stereocenters. The van der Waals surface area contributed by atoms with Crippen molar-refractivity contribution in [1.82, 2.24) is 5.32 Å². The first-order chi connectivity index (χ1) is 12.3. The maximum absolute atomic E-state index is 12.5. The van der Waals surface area contributed by atoms with E-state index in [1.807, 2.05) is 35.7 Å². The van der Waals surface area contributed by atoms with Crippen molar-refractivity contribution in [2.24, 2.45) is 0 Å². The molecule has 4 rings (SSSR count). The number of thioether (sulfide) groups is 2. The van der Waals surface area contributed by atoms with Gasteiger partial charge in [0.15, 0.2) is 0 Å². The number of carbonyl (C=O) groups excluding carboxylic acids is 1. The zero-order valence-corrected chi connectivity index (χ0v) is 15.9. The maximum Gasteiger partial charge on any atom is 0.251 e. The van der Waals surface area contributed by atoms with Crippen molar-refractivity contribution in [3.63, 3.8) is 0 Å². The van der Waals surface area contributed by atoms with Gasteiger partial charge in [0.2, 0.25) is 0 Å². The van der Waals surface area contributed by atoms with E-state index < -0.39 is 0 Å². The molecule has 130 valence electrons. The van der Waals surface area contributed by atoms with Crippen LogP contribution in [-0.2, 0) is 6.42 Å². The van der Waals surface area contributed by atoms with Crippen LogP contribution in [0, 0.1) is 0 Å². The molecular weight excluding hydrogens is 346 g/mol. The number of fused-ring (bicyclic) bond motifs is 1. The predicted molar refractivity (Wildman–Crippen MR) is 109 cm³/mol. The summed E-state index contributed by atoms with van der Waals surface area (Å²) in [6, 6.07) is 16.8. The van der Waals surface area contributed by atoms with Crippen molar-refractivity contribution in [3.8, 4) is 0 Å². The molecule has 1 N–H and O–H groups in total. The average Bonchev–Trinajstić information content (AvgIpc) is 3.21. The number of hydrogen-bond acceptors (Lipinski definition) is 3. The normalized spacial score (nSPS) is 20.2. The Balaban J connectivity index is 1.38. The number of hydrogen-bond donors (Lipinski definition) is 1. The average molecular weight is 370 g/mol. The molecule has 0 spiro atoms. The van der Waals surface area contributed by atoms with Crippen LogP contribution < -0.4 is 5.32 Å². The quantitative estimate of drug-likeness (QED) is 0.821. The minimum Gasteiger partial charge on any atom is -0.351 e. The summed E-state index contributed by atoms with van der Waals surface area (Å²) in [7, 11) is 0. The molecule has 1 fully saturated rings. The van der Waals surface area contributed by atoms with E-state index in [4.69, 9.17) is 0 Å². The van der Waals surface area contributed by atoms with Crippen LogP contribution >= 0.6 is 23.5 Å². The molecule has 0 radical (unpaired) electrons. The van der Waals surface area contributed by atoms with Crippen molar-refractivity contribution in [1.29, 1.82) is 0 Å². The largest absolute Gasteiger partial charge is 0.351 e. The van der Waals surface area contributed by atoms with Crippen LogP contribution in [0.5, 0.6) is 0 Å². The third-order valence-electron chi connectivity index (χ3n) is 5.07. The Morgan fingerprint density at radius 2 is 1.80 bits per heavy atom. The number of nitrogens with one attached hydrogen (secondary N) is 1. The molecule has 2 aromatic rings. The van der Waals surface area contributed by atoms with Gasteiger partial charge in [0.1, 0.15) is 0 Å². The SMILES string of the molecule is O=C(NCC1CCCc2ccccc21)c1ccc(C2SCCS2)cc1. The molecule has 1 saturated heterocycles. The second-order valence-corrected chi connectivity index (χ2v) is 9.42. The van der Waals surface area contributed by atoms with Crippen LogP contribution in [0.4, 0.5) is 0 Å². The third-order valence-corrected chi connectivity index (χ3v) is 8.17. The third kappa shape index (κ3) is 3.90. The fourth-order valence-electron chi connectivity index (χ4n) is 3.73. The molecule has 1 aliphatic carbocycles. The zero-order valence-electron chi connectivity index (χ0n) is 14.2. The summed E-state index contributed by atoms with van der Waals surface area (Å²) in [5.74, 6) is 2.93. The van der Waals surface area contributed by atoms with E-state index >= 15 is 0 Å². The Kier molecular flexibility index (Phi) is 5.37. The summed E-state index contributed by atoms with van der Waals surface area (Å²) in [6.07, 6.45) is 3.54. The highest BCUT2D eigenvalue weighted by atomic mass is 32.2. The molecule has 2 aliphatic rings. The molecule has 1 aliphatic heterocycles. The second kappa shape index (κ2) is 7.88. The highest BCUT2D eigenvalue weighted by Crippen LogP contribution is 2.45. The van der Waals surface area contributed by atoms with Gasteiger partial charge in [-0.15, -0.1) is 23.5 Å². The summed E-state index contributed by atoms with van der Waals surface area (Å²) >= 11 is 3.99. The summed E-state index contributed by atoms with van der Waals surface area (Å²) in [4.78, 5) is 12.5. The number of aryl methyl sites for hydroxylation is 1. The van der Waals surface area contributed by atoms with Crippen LogP contribution in [0.25, 0.3) is 0 Å². The molecule has 25 heavy (non-hydrogen) atoms. The fraction of sp³-hybridized carbons (Fsp3) is 0.381. The van der Waals surface area contributed by atoms with Crippen molar-refractivity contribution >= 4 is 29.4 Å². The van der Waals surface area contributed by atoms with Gasteiger partial charge in [0, 0.05) is 29.5 Å². The maximum atomic E-state index is 12.5. The van der Waals surface area contributed by atoms with Gasteiger partial charge < -0.3 is 5.32 Å². The fourth-order valence-corrected chi connectivity index (χ4v) is 6.59. The molecule has 2 aromatic carbocycles. The Morgan fingerprint density at radius 1 is 1.04 bits per heavy atom. The topological polar surface area (TPSA) is 29.1 Å². The molecule has 1 heterocycles. The minimum atomic E-state index is 0.0429. The second-order valence-electron chi connectivity index (χ2n) is 6.69. The molecule has 1 amide bonds. The lowest BCUT2D eigenvalue weighted by molar-refractivity contribution is 0.0950. The molecule has 0 bridgehead atoms. The summed E-state index contributed by atoms with van der Waals surface area (Å²) in [5, 5.41) is 3.15. The lowest BCUT2D eigenvalue weighted by atomic mass is 9.83. The van der Waals surface area contributed by atoms with Gasteiger partial charge in [0.05, 0.1) is 4.58 Å². The lowest BCUT2D eigenvalue weighted by Crippen LogP contribution is -2.29. The van der Waals surface area contributed by atoms with Crippen LogP contribution in [0.3, 0.4) is 0 Å². The van der Waals surface area contributed by atoms with Crippen molar-refractivity contribution in [2.75, 3.05) is 18.1 Å². The lowest BCUT2D eigenvalue weighted by Gasteiger charge is -2.25. The van der Waals surface area contributed by atoms with Gasteiger partial charge in [-0.25, -0.2) is 0 Å². The minimum absolute atomic E-state index is 0.0429. The van der Waals surface area contributed by atoms with E-state index in [0.29, 0.717) is 10.5 Å². The monoisotopic (exact) mass is 369 g/mol. The van der Waals surface area contributed by atoms with Gasteiger partial charge in [-0.05, 0) is 48.1 Å². The first-order valence-electron chi connectivity index (χ1n) is 9.00. The number of carbonyl (C=O) groups is 1. The smallest absolute Gasteiger partial charge is 0.251 e. The highest BCUT2D eigenvalue weighted by molar-refractivity contribution is 8.19. The van der Waals surface area contributed by atoms with E-state index in [1.54, 1.807) is 0 Å². The molecule has 4 heteroatoms. The van der Waals surface area contributed by atoms with Crippen LogP contribution in [-0.4, -0.2) is 24.0 Å². The van der Waals surface area contributed by atoms with Gasteiger partial charge in [-0.2, -0.15) is 0 Å². The van der Waals surface area contributed by atoms with Crippen molar-refractivity contribution < 1.29 is 4.79 Å². The molecule has 2 nitrogen and oxygen atoms in total. The van der Waals surface area contributed by atoms with E-state index in [-0.39, 0.29) is 5.91 Å². The van der Waals surface area contributed by atoms with Gasteiger partial charge >= 0.3 is 0 Å². The Hall–Kier alpha value is -1.39. The number of benzene rings is 2. The van der Waals surface area contributed by atoms with Crippen molar-refractivity contribution in [2.45, 2.75) is 29.8 Å². The first-order valence-corrected chi connectivity index (χ1v) is 11.1. The molecule has 0 aromatic heterocycles. The Labute approximate surface area is 158 Å². The predicted octanol–water partition coefficient (Wildman–Crippen LogP) is 5.02. The van der Waals surface area contributed by atoms with Crippen LogP contribution in [0.15, 0.2) is 48.5 Å². The summed E-state index contributed by atoms with van der Waals surface area (Å²) in [6.45, 7) is 0.728. The van der Waals surface area contributed by atoms with E-state index in [0.717, 1.165) is 18.5 Å². The van der Waals surface area contributed by atoms with Crippen molar-refractivity contribution in [3.05, 3.63) is 70.8 Å².